The molecule has 2 aromatic heterocycles. The molecule has 0 unspecified atom stereocenters. The molecule has 9 heteroatoms. The second-order valence-corrected chi connectivity index (χ2v) is 14.5. The molecule has 0 spiro atoms. The van der Waals surface area contributed by atoms with E-state index in [1.165, 1.54) is 24.0 Å². The largest absolute Gasteiger partial charge is 0.460 e. The molecule has 0 amide bonds. The Hall–Kier alpha value is -4.21. The maximum absolute atomic E-state index is 14.2. The Bertz CT molecular complexity index is 1810. The fourth-order valence-electron chi connectivity index (χ4n) is 6.82. The van der Waals surface area contributed by atoms with Crippen molar-refractivity contribution in [2.24, 2.45) is 0 Å². The lowest BCUT2D eigenvalue weighted by molar-refractivity contribution is -0.290. The van der Waals surface area contributed by atoms with Crippen LogP contribution in [0.4, 0.5) is 4.39 Å². The maximum Gasteiger partial charge on any atom is 0.308 e. The van der Waals surface area contributed by atoms with Crippen LogP contribution in [-0.2, 0) is 31.8 Å². The number of ether oxygens (including phenoxy) is 3. The number of nitrogens with zero attached hydrogens (tertiary/aromatic N) is 3. The van der Waals surface area contributed by atoms with Gasteiger partial charge in [0.1, 0.15) is 17.7 Å². The number of pyridine rings is 1. The number of esters is 1. The zero-order valence-corrected chi connectivity index (χ0v) is 28.9. The number of hydrogen-bond donors (Lipinski definition) is 1. The molecule has 2 aliphatic rings. The molecule has 2 atom stereocenters. The van der Waals surface area contributed by atoms with Gasteiger partial charge in [-0.2, -0.15) is 5.10 Å². The summed E-state index contributed by atoms with van der Waals surface area (Å²) in [5, 5.41) is 7.00. The third-order valence-electron chi connectivity index (χ3n) is 8.64. The van der Waals surface area contributed by atoms with Crippen LogP contribution in [0.25, 0.3) is 39.8 Å². The van der Waals surface area contributed by atoms with E-state index in [2.05, 4.69) is 59.4 Å². The van der Waals surface area contributed by atoms with Crippen LogP contribution in [0.5, 0.6) is 0 Å². The third kappa shape index (κ3) is 7.58. The van der Waals surface area contributed by atoms with Crippen molar-refractivity contribution in [3.63, 3.8) is 0 Å². The molecule has 4 aromatic rings. The zero-order chi connectivity index (χ0) is 34.2. The number of aromatic amines is 1. The van der Waals surface area contributed by atoms with E-state index in [-0.39, 0.29) is 36.3 Å². The fraction of sp³-hybridized carbons (Fsp3) is 0.436. The molecule has 48 heavy (non-hydrogen) atoms. The van der Waals surface area contributed by atoms with Crippen molar-refractivity contribution in [1.29, 1.82) is 0 Å². The lowest BCUT2D eigenvalue weighted by Gasteiger charge is -2.40. The van der Waals surface area contributed by atoms with Gasteiger partial charge in [-0.25, -0.2) is 9.37 Å². The second-order valence-electron chi connectivity index (χ2n) is 14.5. The summed E-state index contributed by atoms with van der Waals surface area (Å²) < 4.78 is 32.3. The normalized spacial score (nSPS) is 19.2. The molecule has 1 N–H and O–H groups in total. The monoisotopic (exact) mass is 652 g/mol. The minimum absolute atomic E-state index is 0.0984. The molecular formula is C39H45FN4O4. The predicted molar refractivity (Wildman–Crippen MR) is 184 cm³/mol. The van der Waals surface area contributed by atoms with Crippen LogP contribution in [0.1, 0.15) is 96.0 Å². The highest BCUT2D eigenvalue weighted by atomic mass is 19.1. The van der Waals surface area contributed by atoms with E-state index >= 15 is 0 Å². The Kier molecular flexibility index (Phi) is 9.37. The highest BCUT2D eigenvalue weighted by molar-refractivity contribution is 5.86. The minimum Gasteiger partial charge on any atom is -0.460 e. The van der Waals surface area contributed by atoms with E-state index in [4.69, 9.17) is 19.2 Å². The van der Waals surface area contributed by atoms with Crippen molar-refractivity contribution in [2.45, 2.75) is 110 Å². The van der Waals surface area contributed by atoms with Gasteiger partial charge in [-0.1, -0.05) is 50.3 Å². The van der Waals surface area contributed by atoms with Crippen molar-refractivity contribution in [3.8, 4) is 33.8 Å². The fourth-order valence-corrected chi connectivity index (χ4v) is 6.82. The Labute approximate surface area is 282 Å². The molecule has 8 nitrogen and oxygen atoms in total. The molecule has 0 bridgehead atoms. The van der Waals surface area contributed by atoms with Gasteiger partial charge in [0.05, 0.1) is 30.0 Å². The molecule has 0 saturated carbocycles. The number of halogens is 1. The number of fused-ring (bicyclic) bond motifs is 3. The minimum atomic E-state index is -0.888. The summed E-state index contributed by atoms with van der Waals surface area (Å²) in [6, 6.07) is 13.1. The molecule has 3 heterocycles. The molecule has 1 saturated heterocycles. The topological polar surface area (TPSA) is 99.2 Å². The van der Waals surface area contributed by atoms with E-state index < -0.39 is 11.4 Å². The number of nitrogens with one attached hydrogen (secondary N) is 1. The van der Waals surface area contributed by atoms with Crippen molar-refractivity contribution in [2.75, 3.05) is 0 Å². The summed E-state index contributed by atoms with van der Waals surface area (Å²) in [5.74, 6) is -0.629. The summed E-state index contributed by atoms with van der Waals surface area (Å²) >= 11 is 0. The lowest BCUT2D eigenvalue weighted by Crippen LogP contribution is -2.45. The average Bonchev–Trinajstić information content (AvgIpc) is 3.47. The molecule has 252 valence electrons. The number of rotatable bonds is 7. The van der Waals surface area contributed by atoms with E-state index in [0.29, 0.717) is 6.42 Å². The van der Waals surface area contributed by atoms with Crippen LogP contribution in [0.2, 0.25) is 0 Å². The van der Waals surface area contributed by atoms with Crippen molar-refractivity contribution in [3.05, 3.63) is 83.1 Å². The van der Waals surface area contributed by atoms with Gasteiger partial charge >= 0.3 is 5.97 Å². The van der Waals surface area contributed by atoms with Gasteiger partial charge in [0.2, 0.25) is 0 Å². The highest BCUT2D eigenvalue weighted by Crippen LogP contribution is 2.43. The van der Waals surface area contributed by atoms with Gasteiger partial charge in [0.15, 0.2) is 11.6 Å². The predicted octanol–water partition coefficient (Wildman–Crippen LogP) is 8.61. The molecule has 1 aliphatic carbocycles. The van der Waals surface area contributed by atoms with Gasteiger partial charge in [-0.15, -0.1) is 0 Å². The summed E-state index contributed by atoms with van der Waals surface area (Å²) in [7, 11) is 0. The number of benzene rings is 2. The SMILES string of the molecule is CC(C)c1nc2c(c(-c3ccc(F)cc3)c1/C=C/[C@@H]1C[C@H](CC(=O)OC(C)(C)C)OC(C)(C)O1)CCCc1cc(-c3ncn[nH]3)ccc1-2. The smallest absolute Gasteiger partial charge is 0.308 e. The van der Waals surface area contributed by atoms with Crippen LogP contribution < -0.4 is 0 Å². The summed E-state index contributed by atoms with van der Waals surface area (Å²) in [6.45, 7) is 13.6. The Morgan fingerprint density at radius 1 is 1.10 bits per heavy atom. The third-order valence-corrected chi connectivity index (χ3v) is 8.64. The molecule has 1 aliphatic heterocycles. The summed E-state index contributed by atoms with van der Waals surface area (Å²) in [6.07, 6.45) is 8.31. The number of aromatic nitrogens is 4. The van der Waals surface area contributed by atoms with Gasteiger partial charge in [0.25, 0.3) is 0 Å². The van der Waals surface area contributed by atoms with Crippen molar-refractivity contribution in [1.82, 2.24) is 20.2 Å². The molecule has 0 radical (unpaired) electrons. The highest BCUT2D eigenvalue weighted by Gasteiger charge is 2.36. The van der Waals surface area contributed by atoms with E-state index in [0.717, 1.165) is 69.9 Å². The average molecular weight is 653 g/mol. The summed E-state index contributed by atoms with van der Waals surface area (Å²) in [4.78, 5) is 22.5. The van der Waals surface area contributed by atoms with Gasteiger partial charge < -0.3 is 14.2 Å². The van der Waals surface area contributed by atoms with E-state index in [9.17, 15) is 9.18 Å². The first-order valence-electron chi connectivity index (χ1n) is 16.8. The molecule has 1 fully saturated rings. The quantitative estimate of drug-likeness (QED) is 0.200. The first-order valence-corrected chi connectivity index (χ1v) is 16.8. The van der Waals surface area contributed by atoms with E-state index in [1.807, 2.05) is 46.8 Å². The van der Waals surface area contributed by atoms with Gasteiger partial charge in [-0.05, 0) is 100 Å². The number of carbonyl (C=O) groups excluding carboxylic acids is 1. The van der Waals surface area contributed by atoms with Gasteiger partial charge in [0, 0.05) is 23.1 Å². The standard InChI is InChI=1S/C39H45FN4O4/c1-23(2)35-32(18-16-28-20-29(47-39(6,7)46-28)21-33(45)48-38(3,4)5)34(24-11-14-27(40)15-12-24)31-10-8-9-25-19-26(37-41-22-42-44-37)13-17-30(25)36(31)43-35/h11-19,22-23,28-29H,8-10,20-21H2,1-7H3,(H,41,42,44)/b18-16+/t28-,29-/m1/s1. The molecule has 2 aromatic carbocycles. The first kappa shape index (κ1) is 33.7. The Morgan fingerprint density at radius 3 is 2.54 bits per heavy atom. The Balaban J connectivity index is 1.44. The van der Waals surface area contributed by atoms with Crippen molar-refractivity contribution >= 4 is 12.0 Å². The number of H-pyrrole nitrogens is 1. The zero-order valence-electron chi connectivity index (χ0n) is 28.9. The second kappa shape index (κ2) is 13.4. The molecular weight excluding hydrogens is 607 g/mol. The van der Waals surface area contributed by atoms with Crippen LogP contribution in [0.3, 0.4) is 0 Å². The molecule has 6 rings (SSSR count). The number of aryl methyl sites for hydroxylation is 1. The Morgan fingerprint density at radius 2 is 1.85 bits per heavy atom. The van der Waals surface area contributed by atoms with Crippen LogP contribution in [0.15, 0.2) is 54.9 Å². The van der Waals surface area contributed by atoms with Crippen molar-refractivity contribution < 1.29 is 23.4 Å². The maximum atomic E-state index is 14.2. The van der Waals surface area contributed by atoms with Crippen LogP contribution >= 0.6 is 0 Å². The van der Waals surface area contributed by atoms with Crippen LogP contribution in [-0.4, -0.2) is 49.7 Å². The first-order chi connectivity index (χ1) is 22.8. The number of carbonyl (C=O) groups is 1. The van der Waals surface area contributed by atoms with Gasteiger partial charge in [-0.3, -0.25) is 14.9 Å². The number of hydrogen-bond acceptors (Lipinski definition) is 7. The van der Waals surface area contributed by atoms with E-state index in [1.54, 1.807) is 0 Å². The van der Waals surface area contributed by atoms with Crippen LogP contribution in [0, 0.1) is 5.82 Å². The summed E-state index contributed by atoms with van der Waals surface area (Å²) in [5.41, 5.74) is 8.79. The lowest BCUT2D eigenvalue weighted by atomic mass is 9.86.